The van der Waals surface area contributed by atoms with Crippen molar-refractivity contribution in [2.75, 3.05) is 19.8 Å². The molecule has 0 radical (unpaired) electrons. The first-order valence-electron chi connectivity index (χ1n) is 5.39. The molecular weight excluding hydrogens is 196 g/mol. The first-order chi connectivity index (χ1) is 7.16. The van der Waals surface area contributed by atoms with E-state index in [1.807, 2.05) is 0 Å². The Morgan fingerprint density at radius 2 is 1.80 bits per heavy atom. The van der Waals surface area contributed by atoms with Crippen molar-refractivity contribution in [2.24, 2.45) is 0 Å². The summed E-state index contributed by atoms with van der Waals surface area (Å²) in [5, 5.41) is 0. The van der Waals surface area contributed by atoms with Crippen LogP contribution < -0.4 is 0 Å². The van der Waals surface area contributed by atoms with E-state index < -0.39 is 5.97 Å². The molecule has 0 aromatic carbocycles. The number of hydrogen-bond acceptors (Lipinski definition) is 4. The van der Waals surface area contributed by atoms with Crippen LogP contribution >= 0.6 is 0 Å². The van der Waals surface area contributed by atoms with Crippen LogP contribution in [0.2, 0.25) is 0 Å². The Hall–Kier alpha value is -0.900. The van der Waals surface area contributed by atoms with Crippen molar-refractivity contribution in [1.82, 2.24) is 0 Å². The zero-order valence-electron chi connectivity index (χ0n) is 9.58. The molecule has 0 aliphatic carbocycles. The van der Waals surface area contributed by atoms with Crippen molar-refractivity contribution in [3.05, 3.63) is 0 Å². The highest BCUT2D eigenvalue weighted by molar-refractivity contribution is 5.94. The lowest BCUT2D eigenvalue weighted by Crippen LogP contribution is -2.13. The van der Waals surface area contributed by atoms with E-state index in [0.717, 1.165) is 19.3 Å². The number of unbranched alkanes of at least 4 members (excludes halogenated alkanes) is 2. The maximum atomic E-state index is 10.9. The molecule has 0 heterocycles. The van der Waals surface area contributed by atoms with Gasteiger partial charge in [-0.3, -0.25) is 9.59 Å². The molecule has 0 aliphatic heterocycles. The van der Waals surface area contributed by atoms with E-state index in [4.69, 9.17) is 9.47 Å². The summed E-state index contributed by atoms with van der Waals surface area (Å²) in [6.45, 7) is 4.84. The highest BCUT2D eigenvalue weighted by Gasteiger charge is 2.05. The molecule has 4 heteroatoms. The van der Waals surface area contributed by atoms with E-state index in [9.17, 15) is 9.59 Å². The van der Waals surface area contributed by atoms with Gasteiger partial charge in [-0.1, -0.05) is 19.8 Å². The summed E-state index contributed by atoms with van der Waals surface area (Å²) in [6.07, 6.45) is 3.22. The minimum Gasteiger partial charge on any atom is -0.463 e. The molecule has 88 valence electrons. The lowest BCUT2D eigenvalue weighted by atomic mass is 10.3. The summed E-state index contributed by atoms with van der Waals surface area (Å²) in [4.78, 5) is 21.4. The van der Waals surface area contributed by atoms with Crippen molar-refractivity contribution in [1.29, 1.82) is 0 Å². The number of Topliss-reactive ketones (excluding diaryl/α,β-unsaturated/α-hetero) is 1. The van der Waals surface area contributed by atoms with E-state index in [2.05, 4.69) is 6.92 Å². The summed E-state index contributed by atoms with van der Waals surface area (Å²) in [5.74, 6) is -0.650. The molecule has 0 bridgehead atoms. The van der Waals surface area contributed by atoms with Gasteiger partial charge in [0.2, 0.25) is 0 Å². The number of rotatable bonds is 9. The van der Waals surface area contributed by atoms with Crippen LogP contribution in [-0.4, -0.2) is 31.6 Å². The van der Waals surface area contributed by atoms with Crippen LogP contribution in [0, 0.1) is 0 Å². The number of carbonyl (C=O) groups is 2. The van der Waals surface area contributed by atoms with Crippen molar-refractivity contribution in [3.8, 4) is 0 Å². The monoisotopic (exact) mass is 216 g/mol. The number of esters is 1. The SMILES string of the molecule is CCCCCOCCOC(=O)CC(C)=O. The van der Waals surface area contributed by atoms with E-state index in [1.54, 1.807) is 0 Å². The maximum Gasteiger partial charge on any atom is 0.313 e. The fraction of sp³-hybridized carbons (Fsp3) is 0.818. The molecule has 0 fully saturated rings. The molecule has 0 saturated carbocycles. The number of hydrogen-bond donors (Lipinski definition) is 0. The molecule has 0 saturated heterocycles. The lowest BCUT2D eigenvalue weighted by molar-refractivity contribution is -0.147. The van der Waals surface area contributed by atoms with Gasteiger partial charge in [-0.15, -0.1) is 0 Å². The minimum absolute atomic E-state index is 0.143. The van der Waals surface area contributed by atoms with Gasteiger partial charge in [0.25, 0.3) is 0 Å². The third-order valence-corrected chi connectivity index (χ3v) is 1.78. The first kappa shape index (κ1) is 14.1. The van der Waals surface area contributed by atoms with Crippen LogP contribution in [0.15, 0.2) is 0 Å². The smallest absolute Gasteiger partial charge is 0.313 e. The average Bonchev–Trinajstić information content (AvgIpc) is 2.15. The van der Waals surface area contributed by atoms with Crippen molar-refractivity contribution >= 4 is 11.8 Å². The van der Waals surface area contributed by atoms with Crippen molar-refractivity contribution in [2.45, 2.75) is 39.5 Å². The van der Waals surface area contributed by atoms with Gasteiger partial charge >= 0.3 is 5.97 Å². The first-order valence-corrected chi connectivity index (χ1v) is 5.39. The van der Waals surface area contributed by atoms with Crippen LogP contribution in [0.25, 0.3) is 0 Å². The standard InChI is InChI=1S/C11H20O4/c1-3-4-5-6-14-7-8-15-11(13)9-10(2)12/h3-9H2,1-2H3. The molecule has 0 unspecified atom stereocenters. The van der Waals surface area contributed by atoms with Gasteiger partial charge in [0.15, 0.2) is 0 Å². The Bertz CT molecular complexity index is 189. The van der Waals surface area contributed by atoms with Crippen molar-refractivity contribution in [3.63, 3.8) is 0 Å². The van der Waals surface area contributed by atoms with E-state index in [-0.39, 0.29) is 18.8 Å². The molecule has 0 atom stereocenters. The molecule has 0 aliphatic rings. The van der Waals surface area contributed by atoms with E-state index in [0.29, 0.717) is 13.2 Å². The third kappa shape index (κ3) is 11.0. The molecule has 0 spiro atoms. The van der Waals surface area contributed by atoms with Gasteiger partial charge in [0, 0.05) is 6.61 Å². The molecule has 15 heavy (non-hydrogen) atoms. The Balaban J connectivity index is 3.16. The van der Waals surface area contributed by atoms with Crippen molar-refractivity contribution < 1.29 is 19.1 Å². The minimum atomic E-state index is -0.473. The zero-order valence-corrected chi connectivity index (χ0v) is 9.58. The molecule has 4 nitrogen and oxygen atoms in total. The Kier molecular flexibility index (Phi) is 9.07. The van der Waals surface area contributed by atoms with Gasteiger partial charge in [-0.25, -0.2) is 0 Å². The van der Waals surface area contributed by atoms with Crippen LogP contribution in [0.5, 0.6) is 0 Å². The molecule has 0 aromatic heterocycles. The third-order valence-electron chi connectivity index (χ3n) is 1.78. The van der Waals surface area contributed by atoms with Gasteiger partial charge in [-0.2, -0.15) is 0 Å². The number of carbonyl (C=O) groups excluding carboxylic acids is 2. The predicted molar refractivity (Wildman–Crippen MR) is 56.6 cm³/mol. The Morgan fingerprint density at radius 3 is 2.40 bits per heavy atom. The summed E-state index contributed by atoms with van der Waals surface area (Å²) in [6, 6.07) is 0. The zero-order chi connectivity index (χ0) is 11.5. The summed E-state index contributed by atoms with van der Waals surface area (Å²) >= 11 is 0. The molecule has 0 aromatic rings. The van der Waals surface area contributed by atoms with Gasteiger partial charge in [0.05, 0.1) is 6.61 Å². The molecular formula is C11H20O4. The Labute approximate surface area is 90.9 Å². The number of ether oxygens (including phenoxy) is 2. The van der Waals surface area contributed by atoms with Gasteiger partial charge < -0.3 is 9.47 Å². The largest absolute Gasteiger partial charge is 0.463 e. The van der Waals surface area contributed by atoms with Crippen LogP contribution in [0.1, 0.15) is 39.5 Å². The van der Waals surface area contributed by atoms with E-state index in [1.165, 1.54) is 6.92 Å². The summed E-state index contributed by atoms with van der Waals surface area (Å²) < 4.78 is 10.0. The second-order valence-electron chi connectivity index (χ2n) is 3.42. The van der Waals surface area contributed by atoms with Crippen LogP contribution in [0.3, 0.4) is 0 Å². The summed E-state index contributed by atoms with van der Waals surface area (Å²) in [7, 11) is 0. The molecule has 0 rings (SSSR count). The number of ketones is 1. The van der Waals surface area contributed by atoms with E-state index >= 15 is 0 Å². The van der Waals surface area contributed by atoms with Crippen LogP contribution in [-0.2, 0) is 19.1 Å². The highest BCUT2D eigenvalue weighted by Crippen LogP contribution is 1.94. The topological polar surface area (TPSA) is 52.6 Å². The second-order valence-corrected chi connectivity index (χ2v) is 3.42. The summed E-state index contributed by atoms with van der Waals surface area (Å²) in [5.41, 5.74) is 0. The van der Waals surface area contributed by atoms with Gasteiger partial charge in [0.1, 0.15) is 18.8 Å². The maximum absolute atomic E-state index is 10.9. The second kappa shape index (κ2) is 9.65. The quantitative estimate of drug-likeness (QED) is 0.334. The normalized spacial score (nSPS) is 10.0. The molecule has 0 amide bonds. The highest BCUT2D eigenvalue weighted by atomic mass is 16.6. The lowest BCUT2D eigenvalue weighted by Gasteiger charge is -2.04. The van der Waals surface area contributed by atoms with Gasteiger partial charge in [-0.05, 0) is 13.3 Å². The molecule has 0 N–H and O–H groups in total. The predicted octanol–water partition coefficient (Wildman–Crippen LogP) is 1.72. The van der Waals surface area contributed by atoms with Crippen LogP contribution in [0.4, 0.5) is 0 Å². The fourth-order valence-corrected chi connectivity index (χ4v) is 1.02. The Morgan fingerprint density at radius 1 is 1.07 bits per heavy atom. The average molecular weight is 216 g/mol. The fourth-order valence-electron chi connectivity index (χ4n) is 1.02.